The van der Waals surface area contributed by atoms with Crippen LogP contribution in [0.5, 0.6) is 0 Å². The highest BCUT2D eigenvalue weighted by atomic mass is 32.2. The quantitative estimate of drug-likeness (QED) is 0.827. The molecule has 2 N–H and O–H groups in total. The van der Waals surface area contributed by atoms with Crippen LogP contribution in [0.25, 0.3) is 0 Å². The van der Waals surface area contributed by atoms with Crippen molar-refractivity contribution in [1.29, 1.82) is 0 Å². The van der Waals surface area contributed by atoms with Crippen LogP contribution in [0, 0.1) is 11.3 Å². The molecular weight excluding hydrogens is 248 g/mol. The molecule has 1 heterocycles. The number of nitrogens with zero attached hydrogens (tertiary/aromatic N) is 1. The van der Waals surface area contributed by atoms with Crippen molar-refractivity contribution >= 4 is 10.0 Å². The number of rotatable bonds is 5. The summed E-state index contributed by atoms with van der Waals surface area (Å²) in [5, 5.41) is 0. The summed E-state index contributed by atoms with van der Waals surface area (Å²) < 4.78 is 26.2. The molecule has 2 rings (SSSR count). The second-order valence-corrected chi connectivity index (χ2v) is 8.36. The van der Waals surface area contributed by atoms with Gasteiger partial charge in [0.25, 0.3) is 0 Å². The Labute approximate surface area is 111 Å². The predicted molar refractivity (Wildman–Crippen MR) is 73.7 cm³/mol. The Morgan fingerprint density at radius 1 is 1.33 bits per heavy atom. The van der Waals surface area contributed by atoms with Gasteiger partial charge in [0.05, 0.1) is 5.75 Å². The zero-order chi connectivity index (χ0) is 13.4. The number of sulfonamides is 1. The van der Waals surface area contributed by atoms with Crippen molar-refractivity contribution in [3.63, 3.8) is 0 Å². The Morgan fingerprint density at radius 2 is 1.89 bits per heavy atom. The summed E-state index contributed by atoms with van der Waals surface area (Å²) in [5.74, 6) is 0.589. The van der Waals surface area contributed by atoms with Crippen molar-refractivity contribution in [1.82, 2.24) is 4.31 Å². The molecule has 1 aliphatic carbocycles. The van der Waals surface area contributed by atoms with E-state index >= 15 is 0 Å². The molecule has 2 fully saturated rings. The molecule has 1 unspecified atom stereocenters. The topological polar surface area (TPSA) is 63.4 Å². The highest BCUT2D eigenvalue weighted by molar-refractivity contribution is 7.89. The number of piperidine rings is 1. The van der Waals surface area contributed by atoms with Crippen LogP contribution in [-0.4, -0.2) is 37.6 Å². The first-order valence-electron chi connectivity index (χ1n) is 7.10. The third-order valence-electron chi connectivity index (χ3n) is 4.81. The maximum Gasteiger partial charge on any atom is 0.215 e. The third-order valence-corrected chi connectivity index (χ3v) is 6.77. The van der Waals surface area contributed by atoms with E-state index in [2.05, 4.69) is 13.8 Å². The van der Waals surface area contributed by atoms with Crippen LogP contribution in [-0.2, 0) is 10.0 Å². The average Bonchev–Trinajstić information content (AvgIpc) is 3.13. The van der Waals surface area contributed by atoms with Crippen LogP contribution < -0.4 is 5.73 Å². The molecule has 0 amide bonds. The van der Waals surface area contributed by atoms with Gasteiger partial charge in [-0.05, 0) is 37.0 Å². The van der Waals surface area contributed by atoms with Crippen molar-refractivity contribution in [2.24, 2.45) is 17.1 Å². The molecule has 0 spiro atoms. The highest BCUT2D eigenvalue weighted by Gasteiger charge is 2.37. The van der Waals surface area contributed by atoms with Crippen molar-refractivity contribution < 1.29 is 8.42 Å². The van der Waals surface area contributed by atoms with Gasteiger partial charge in [0.15, 0.2) is 0 Å². The lowest BCUT2D eigenvalue weighted by molar-refractivity contribution is 0.168. The number of nitrogens with two attached hydrogens (primary N) is 1. The molecule has 1 aliphatic heterocycles. The number of hydrogen-bond donors (Lipinski definition) is 1. The summed E-state index contributed by atoms with van der Waals surface area (Å²) in [6.45, 7) is 5.79. The second-order valence-electron chi connectivity index (χ2n) is 6.34. The van der Waals surface area contributed by atoms with Crippen molar-refractivity contribution in [3.8, 4) is 0 Å². The van der Waals surface area contributed by atoms with Crippen LogP contribution in [0.4, 0.5) is 0 Å². The fourth-order valence-corrected chi connectivity index (χ4v) is 4.38. The van der Waals surface area contributed by atoms with Gasteiger partial charge in [-0.15, -0.1) is 0 Å². The fourth-order valence-electron chi connectivity index (χ4n) is 2.67. The molecule has 106 valence electrons. The minimum atomic E-state index is -3.14. The molecule has 0 aromatic carbocycles. The van der Waals surface area contributed by atoms with Crippen LogP contribution in [0.2, 0.25) is 0 Å². The Kier molecular flexibility index (Phi) is 4.04. The monoisotopic (exact) mass is 274 g/mol. The average molecular weight is 274 g/mol. The molecule has 0 aromatic heterocycles. The molecule has 0 bridgehead atoms. The Morgan fingerprint density at radius 3 is 2.33 bits per heavy atom. The lowest BCUT2D eigenvalue weighted by Crippen LogP contribution is -2.46. The summed E-state index contributed by atoms with van der Waals surface area (Å²) in [5.41, 5.74) is 6.27. The second kappa shape index (κ2) is 5.10. The molecule has 0 aromatic rings. The summed E-state index contributed by atoms with van der Waals surface area (Å²) in [7, 11) is -3.14. The van der Waals surface area contributed by atoms with Gasteiger partial charge in [-0.1, -0.05) is 20.3 Å². The van der Waals surface area contributed by atoms with Crippen LogP contribution in [0.1, 0.15) is 46.0 Å². The largest absolute Gasteiger partial charge is 0.326 e. The first-order valence-corrected chi connectivity index (χ1v) is 8.71. The van der Waals surface area contributed by atoms with Gasteiger partial charge in [0.1, 0.15) is 0 Å². The van der Waals surface area contributed by atoms with E-state index < -0.39 is 10.0 Å². The molecule has 1 saturated heterocycles. The zero-order valence-electron chi connectivity index (χ0n) is 11.6. The van der Waals surface area contributed by atoms with Gasteiger partial charge in [0.2, 0.25) is 10.0 Å². The van der Waals surface area contributed by atoms with Gasteiger partial charge in [0, 0.05) is 19.1 Å². The number of hydrogen-bond acceptors (Lipinski definition) is 3. The Balaban J connectivity index is 1.91. The van der Waals surface area contributed by atoms with E-state index in [9.17, 15) is 8.42 Å². The van der Waals surface area contributed by atoms with Gasteiger partial charge in [-0.25, -0.2) is 12.7 Å². The van der Waals surface area contributed by atoms with Crippen molar-refractivity contribution in [3.05, 3.63) is 0 Å². The lowest BCUT2D eigenvalue weighted by atomic mass is 9.79. The fraction of sp³-hybridized carbons (Fsp3) is 1.00. The minimum absolute atomic E-state index is 0.139. The third kappa shape index (κ3) is 3.25. The molecule has 2 aliphatic rings. The first kappa shape index (κ1) is 14.3. The summed E-state index contributed by atoms with van der Waals surface area (Å²) >= 11 is 0. The van der Waals surface area contributed by atoms with Gasteiger partial charge >= 0.3 is 0 Å². The SMILES string of the molecule is CCC1(C)CCN(S(=O)(=O)CC(N)C2CC2)CC1. The zero-order valence-corrected chi connectivity index (χ0v) is 12.4. The van der Waals surface area contributed by atoms with E-state index in [4.69, 9.17) is 5.73 Å². The first-order chi connectivity index (χ1) is 8.36. The summed E-state index contributed by atoms with van der Waals surface area (Å²) in [4.78, 5) is 0. The van der Waals surface area contributed by atoms with Gasteiger partial charge in [-0.2, -0.15) is 0 Å². The van der Waals surface area contributed by atoms with Crippen LogP contribution >= 0.6 is 0 Å². The van der Waals surface area contributed by atoms with Crippen LogP contribution in [0.3, 0.4) is 0 Å². The Hall–Kier alpha value is -0.130. The molecular formula is C13H26N2O2S. The van der Waals surface area contributed by atoms with E-state index in [1.54, 1.807) is 4.31 Å². The Bertz CT molecular complexity index is 382. The van der Waals surface area contributed by atoms with E-state index in [1.807, 2.05) is 0 Å². The molecule has 5 heteroatoms. The van der Waals surface area contributed by atoms with E-state index in [0.29, 0.717) is 24.4 Å². The van der Waals surface area contributed by atoms with Gasteiger partial charge in [-0.3, -0.25) is 0 Å². The maximum atomic E-state index is 12.3. The van der Waals surface area contributed by atoms with E-state index in [1.165, 1.54) is 0 Å². The molecule has 1 atom stereocenters. The summed E-state index contributed by atoms with van der Waals surface area (Å²) in [6, 6.07) is -0.158. The van der Waals surface area contributed by atoms with Crippen molar-refractivity contribution in [2.75, 3.05) is 18.8 Å². The molecule has 1 saturated carbocycles. The predicted octanol–water partition coefficient (Wildman–Crippen LogP) is 1.57. The van der Waals surface area contributed by atoms with Crippen LogP contribution in [0.15, 0.2) is 0 Å². The maximum absolute atomic E-state index is 12.3. The van der Waals surface area contributed by atoms with E-state index in [-0.39, 0.29) is 11.8 Å². The lowest BCUT2D eigenvalue weighted by Gasteiger charge is -2.38. The minimum Gasteiger partial charge on any atom is -0.326 e. The molecule has 0 radical (unpaired) electrons. The standard InChI is InChI=1S/C13H26N2O2S/c1-3-13(2)6-8-15(9-7-13)18(16,17)10-12(14)11-4-5-11/h11-12H,3-10,14H2,1-2H3. The van der Waals surface area contributed by atoms with Crippen molar-refractivity contribution in [2.45, 2.75) is 52.0 Å². The van der Waals surface area contributed by atoms with Gasteiger partial charge < -0.3 is 5.73 Å². The van der Waals surface area contributed by atoms with E-state index in [0.717, 1.165) is 32.1 Å². The molecule has 4 nitrogen and oxygen atoms in total. The highest BCUT2D eigenvalue weighted by Crippen LogP contribution is 2.36. The normalized spacial score (nSPS) is 27.1. The smallest absolute Gasteiger partial charge is 0.215 e. The summed E-state index contributed by atoms with van der Waals surface area (Å²) in [6.07, 6.45) is 5.28. The molecule has 18 heavy (non-hydrogen) atoms.